The summed E-state index contributed by atoms with van der Waals surface area (Å²) in [5.41, 5.74) is 8.02. The average Bonchev–Trinajstić information content (AvgIpc) is 3.48. The molecule has 0 radical (unpaired) electrons. The Morgan fingerprint density at radius 3 is 1.38 bits per heavy atom. The van der Waals surface area contributed by atoms with E-state index in [-0.39, 0.29) is 30.3 Å². The minimum Gasteiger partial charge on any atom is -0.442 e. The molecule has 6 rings (SSSR count). The van der Waals surface area contributed by atoms with Gasteiger partial charge in [-0.15, -0.1) is 0 Å². The van der Waals surface area contributed by atoms with Crippen LogP contribution in [0.5, 0.6) is 0 Å². The van der Waals surface area contributed by atoms with Crippen LogP contribution in [0.15, 0.2) is 84.9 Å². The fourth-order valence-corrected chi connectivity index (χ4v) is 13.1. The molecule has 3 atom stereocenters. The van der Waals surface area contributed by atoms with Crippen molar-refractivity contribution >= 4 is 19.1 Å². The predicted molar refractivity (Wildman–Crippen MR) is 192 cm³/mol. The average molecular weight is 663 g/mol. The van der Waals surface area contributed by atoms with E-state index in [0.717, 1.165) is 39.8 Å². The fraction of sp³-hybridized carbons (Fsp3) is 0.381. The van der Waals surface area contributed by atoms with Crippen LogP contribution in [0.4, 0.5) is 0 Å². The summed E-state index contributed by atoms with van der Waals surface area (Å²) in [6, 6.07) is 26.9. The van der Waals surface area contributed by atoms with Crippen LogP contribution >= 0.6 is 7.14 Å². The molecular formula is C42H47O5P. The molecule has 2 aliphatic heterocycles. The molecule has 0 bridgehead atoms. The van der Waals surface area contributed by atoms with E-state index in [0.29, 0.717) is 22.3 Å². The lowest BCUT2D eigenvalue weighted by Gasteiger charge is -2.48. The summed E-state index contributed by atoms with van der Waals surface area (Å²) in [6.07, 6.45) is 1.38. The molecule has 0 spiro atoms. The zero-order valence-electron chi connectivity index (χ0n) is 29.5. The summed E-state index contributed by atoms with van der Waals surface area (Å²) in [7, 11) is -4.05. The highest BCUT2D eigenvalue weighted by atomic mass is 31.2. The molecule has 6 heteroatoms. The summed E-state index contributed by atoms with van der Waals surface area (Å²) >= 11 is 0. The van der Waals surface area contributed by atoms with Gasteiger partial charge < -0.3 is 14.0 Å². The molecule has 0 amide bonds. The van der Waals surface area contributed by atoms with Gasteiger partial charge in [-0.05, 0) is 91.0 Å². The topological polar surface area (TPSA) is 69.7 Å². The number of carbonyl (C=O) groups is 2. The van der Waals surface area contributed by atoms with Gasteiger partial charge in [0.2, 0.25) is 0 Å². The number of aryl methyl sites for hydroxylation is 4. The van der Waals surface area contributed by atoms with Gasteiger partial charge in [-0.1, -0.05) is 100 Å². The van der Waals surface area contributed by atoms with Crippen LogP contribution in [0.3, 0.4) is 0 Å². The molecule has 2 aliphatic rings. The Kier molecular flexibility index (Phi) is 8.61. The van der Waals surface area contributed by atoms with Gasteiger partial charge in [0.25, 0.3) is 0 Å². The number of esters is 2. The van der Waals surface area contributed by atoms with Gasteiger partial charge in [-0.25, -0.2) is 9.59 Å². The quantitative estimate of drug-likeness (QED) is 0.132. The second-order valence-electron chi connectivity index (χ2n) is 15.3. The summed E-state index contributed by atoms with van der Waals surface area (Å²) in [4.78, 5) is 28.1. The van der Waals surface area contributed by atoms with Crippen molar-refractivity contribution in [3.05, 3.63) is 141 Å². The summed E-state index contributed by atoms with van der Waals surface area (Å²) in [5, 5.41) is -3.20. The van der Waals surface area contributed by atoms with Crippen LogP contribution in [0.25, 0.3) is 0 Å². The van der Waals surface area contributed by atoms with Crippen molar-refractivity contribution in [3.63, 3.8) is 0 Å². The first kappa shape index (κ1) is 33.9. The van der Waals surface area contributed by atoms with Crippen LogP contribution in [0.1, 0.15) is 99.3 Å². The van der Waals surface area contributed by atoms with Crippen LogP contribution in [-0.2, 0) is 37.6 Å². The molecule has 4 aromatic rings. The normalized spacial score (nSPS) is 22.0. The Labute approximate surface area is 285 Å². The van der Waals surface area contributed by atoms with E-state index in [9.17, 15) is 9.59 Å². The van der Waals surface area contributed by atoms with Gasteiger partial charge in [0.15, 0.2) is 17.8 Å². The molecule has 0 saturated carbocycles. The number of hydrogen-bond donors (Lipinski definition) is 0. The van der Waals surface area contributed by atoms with Crippen LogP contribution < -0.4 is 0 Å². The van der Waals surface area contributed by atoms with E-state index in [1.807, 2.05) is 100 Å². The van der Waals surface area contributed by atoms with Crippen molar-refractivity contribution in [3.8, 4) is 0 Å². The number of benzene rings is 4. The summed E-state index contributed by atoms with van der Waals surface area (Å²) in [5.74, 6) is -1.06. The Hall–Kier alpha value is -3.95. The predicted octanol–water partition coefficient (Wildman–Crippen LogP) is 10.2. The first-order valence-corrected chi connectivity index (χ1v) is 18.9. The molecule has 2 heterocycles. The van der Waals surface area contributed by atoms with Crippen LogP contribution in [0, 0.1) is 39.0 Å². The third kappa shape index (κ3) is 5.45. The van der Waals surface area contributed by atoms with E-state index in [2.05, 4.69) is 27.7 Å². The highest BCUT2D eigenvalue weighted by Crippen LogP contribution is 2.80. The maximum absolute atomic E-state index is 17.5. The van der Waals surface area contributed by atoms with Crippen LogP contribution in [-0.4, -0.2) is 18.1 Å². The second kappa shape index (κ2) is 12.2. The standard InChI is InChI=1S/C42H47O5P/c1-27(23-40(6,7)8)26-48(45,41(24-34-28(2)15-13-16-29(34)3)36-21-11-9-19-32(36)38(43)46-41)42(25-35-30(4)17-14-18-31(35)5)37-22-12-10-20-33(37)39(44)47-42/h9-22,27H,23-26H2,1-8H3. The first-order chi connectivity index (χ1) is 22.6. The Morgan fingerprint density at radius 1 is 0.625 bits per heavy atom. The third-order valence-electron chi connectivity index (χ3n) is 10.5. The molecule has 3 unspecified atom stereocenters. The number of rotatable bonds is 9. The van der Waals surface area contributed by atoms with Crippen molar-refractivity contribution in [1.29, 1.82) is 0 Å². The number of ether oxygens (including phenoxy) is 2. The SMILES string of the molecule is Cc1cccc(C)c1CC1(P(=O)(CC(C)CC(C)(C)C)C2(Cc3c(C)cccc3C)OC(=O)c3ccccc32)OC(=O)c2ccccc21. The largest absolute Gasteiger partial charge is 0.442 e. The lowest BCUT2D eigenvalue weighted by Crippen LogP contribution is -2.44. The summed E-state index contributed by atoms with van der Waals surface area (Å²) < 4.78 is 30.9. The molecule has 0 fully saturated rings. The molecular weight excluding hydrogens is 615 g/mol. The van der Waals surface area contributed by atoms with Crippen molar-refractivity contribution in [2.75, 3.05) is 6.16 Å². The van der Waals surface area contributed by atoms with Crippen molar-refractivity contribution < 1.29 is 23.6 Å². The van der Waals surface area contributed by atoms with Gasteiger partial charge in [-0.3, -0.25) is 0 Å². The van der Waals surface area contributed by atoms with Crippen molar-refractivity contribution in [2.45, 2.75) is 85.3 Å². The van der Waals surface area contributed by atoms with E-state index in [4.69, 9.17) is 9.47 Å². The molecule has 0 aliphatic carbocycles. The molecule has 5 nitrogen and oxygen atoms in total. The van der Waals surface area contributed by atoms with E-state index >= 15 is 4.57 Å². The second-order valence-corrected chi connectivity index (χ2v) is 18.6. The minimum absolute atomic E-state index is 0.0570. The van der Waals surface area contributed by atoms with Crippen molar-refractivity contribution in [1.82, 2.24) is 0 Å². The first-order valence-electron chi connectivity index (χ1n) is 17.0. The number of hydrogen-bond acceptors (Lipinski definition) is 5. The Bertz CT molecular complexity index is 1800. The maximum atomic E-state index is 17.5. The van der Waals surface area contributed by atoms with Crippen LogP contribution in [0.2, 0.25) is 0 Å². The Morgan fingerprint density at radius 2 is 1.00 bits per heavy atom. The number of cyclic esters (lactones) is 2. The Balaban J connectivity index is 1.74. The van der Waals surface area contributed by atoms with E-state index < -0.39 is 29.8 Å². The zero-order chi connectivity index (χ0) is 34.6. The van der Waals surface area contributed by atoms with Gasteiger partial charge in [0.05, 0.1) is 11.1 Å². The monoisotopic (exact) mass is 662 g/mol. The maximum Gasteiger partial charge on any atom is 0.339 e. The molecule has 250 valence electrons. The highest BCUT2D eigenvalue weighted by molar-refractivity contribution is 7.66. The van der Waals surface area contributed by atoms with Crippen molar-refractivity contribution in [2.24, 2.45) is 11.3 Å². The zero-order valence-corrected chi connectivity index (χ0v) is 30.4. The molecule has 0 aromatic heterocycles. The summed E-state index contributed by atoms with van der Waals surface area (Å²) in [6.45, 7) is 16.9. The van der Waals surface area contributed by atoms with E-state index in [1.54, 1.807) is 12.1 Å². The molecule has 4 aromatic carbocycles. The van der Waals surface area contributed by atoms with Gasteiger partial charge in [0, 0.05) is 30.1 Å². The lowest BCUT2D eigenvalue weighted by molar-refractivity contribution is 0.00803. The van der Waals surface area contributed by atoms with Gasteiger partial charge >= 0.3 is 11.9 Å². The third-order valence-corrected chi connectivity index (χ3v) is 14.9. The van der Waals surface area contributed by atoms with Gasteiger partial charge in [-0.2, -0.15) is 0 Å². The number of fused-ring (bicyclic) bond motifs is 2. The smallest absolute Gasteiger partial charge is 0.339 e. The van der Waals surface area contributed by atoms with E-state index in [1.165, 1.54) is 0 Å². The minimum atomic E-state index is -4.05. The molecule has 0 N–H and O–H groups in total. The van der Waals surface area contributed by atoms with Gasteiger partial charge in [0.1, 0.15) is 0 Å². The number of carbonyl (C=O) groups excluding carboxylic acids is 2. The molecule has 0 saturated heterocycles. The lowest BCUT2D eigenvalue weighted by atomic mass is 9.86. The fourth-order valence-electron chi connectivity index (χ4n) is 8.46. The highest BCUT2D eigenvalue weighted by Gasteiger charge is 2.71. The molecule has 48 heavy (non-hydrogen) atoms.